The van der Waals surface area contributed by atoms with Gasteiger partial charge < -0.3 is 4.90 Å². The largest absolute Gasteiger partial charge is 0.373 e. The Kier molecular flexibility index (Phi) is 2.75. The van der Waals surface area contributed by atoms with Crippen LogP contribution in [0.1, 0.15) is 27.2 Å². The Morgan fingerprint density at radius 2 is 2.18 bits per heavy atom. The Bertz CT molecular complexity index is 189. The topological polar surface area (TPSA) is 3.24 Å². The van der Waals surface area contributed by atoms with Crippen molar-refractivity contribution in [2.75, 3.05) is 13.1 Å². The van der Waals surface area contributed by atoms with Crippen LogP contribution in [0.2, 0.25) is 0 Å². The van der Waals surface area contributed by atoms with Crippen molar-refractivity contribution >= 4 is 0 Å². The van der Waals surface area contributed by atoms with E-state index in [1.54, 1.807) is 0 Å². The minimum atomic E-state index is 1.12. The van der Waals surface area contributed by atoms with E-state index in [2.05, 4.69) is 37.9 Å². The van der Waals surface area contributed by atoms with E-state index < -0.39 is 0 Å². The fourth-order valence-corrected chi connectivity index (χ4v) is 1.56. The first-order valence-corrected chi connectivity index (χ1v) is 4.32. The molecule has 0 bridgehead atoms. The number of hydrogen-bond acceptors (Lipinski definition) is 1. The van der Waals surface area contributed by atoms with Gasteiger partial charge in [-0.1, -0.05) is 18.6 Å². The lowest BCUT2D eigenvalue weighted by molar-refractivity contribution is 0.398. The summed E-state index contributed by atoms with van der Waals surface area (Å²) >= 11 is 0. The van der Waals surface area contributed by atoms with Crippen LogP contribution >= 0.6 is 0 Å². The number of allylic oxidation sites excluding steroid dienone is 2. The highest BCUT2D eigenvalue weighted by molar-refractivity contribution is 5.25. The second-order valence-electron chi connectivity index (χ2n) is 3.33. The molecule has 62 valence electrons. The van der Waals surface area contributed by atoms with Gasteiger partial charge in [-0.05, 0) is 25.8 Å². The zero-order valence-electron chi connectivity index (χ0n) is 7.72. The molecule has 0 N–H and O–H groups in total. The number of rotatable bonds is 2. The van der Waals surface area contributed by atoms with Crippen molar-refractivity contribution < 1.29 is 0 Å². The van der Waals surface area contributed by atoms with Gasteiger partial charge in [-0.15, -0.1) is 0 Å². The molecule has 0 spiro atoms. The molecule has 0 aliphatic carbocycles. The molecule has 0 atom stereocenters. The van der Waals surface area contributed by atoms with Gasteiger partial charge in [0.15, 0.2) is 0 Å². The fraction of sp³-hybridized carbons (Fsp3) is 0.600. The van der Waals surface area contributed by atoms with Crippen LogP contribution in [0.3, 0.4) is 0 Å². The lowest BCUT2D eigenvalue weighted by atomic mass is 10.1. The zero-order valence-corrected chi connectivity index (χ0v) is 7.72. The molecule has 0 unspecified atom stereocenters. The average molecular weight is 151 g/mol. The van der Waals surface area contributed by atoms with E-state index in [-0.39, 0.29) is 0 Å². The van der Waals surface area contributed by atoms with Gasteiger partial charge in [0.25, 0.3) is 0 Å². The van der Waals surface area contributed by atoms with Gasteiger partial charge in [-0.25, -0.2) is 0 Å². The highest BCUT2D eigenvalue weighted by atomic mass is 15.1. The molecule has 0 saturated heterocycles. The summed E-state index contributed by atoms with van der Waals surface area (Å²) in [5.41, 5.74) is 2.85. The first-order valence-electron chi connectivity index (χ1n) is 4.32. The Labute approximate surface area is 69.4 Å². The van der Waals surface area contributed by atoms with Crippen LogP contribution in [0.4, 0.5) is 0 Å². The van der Waals surface area contributed by atoms with Crippen LogP contribution in [0.15, 0.2) is 23.4 Å². The summed E-state index contributed by atoms with van der Waals surface area (Å²) < 4.78 is 0. The first kappa shape index (κ1) is 8.38. The van der Waals surface area contributed by atoms with Crippen LogP contribution in [-0.4, -0.2) is 18.0 Å². The quantitative estimate of drug-likeness (QED) is 0.586. The van der Waals surface area contributed by atoms with Crippen molar-refractivity contribution in [3.05, 3.63) is 23.4 Å². The molecule has 0 aromatic carbocycles. The van der Waals surface area contributed by atoms with E-state index in [0.29, 0.717) is 0 Å². The molecular formula is C10H17N. The molecule has 1 heterocycles. The molecule has 1 aliphatic rings. The smallest absolute Gasteiger partial charge is 0.0384 e. The monoisotopic (exact) mass is 151 g/mol. The summed E-state index contributed by atoms with van der Waals surface area (Å²) in [6.45, 7) is 8.87. The maximum absolute atomic E-state index is 2.38. The maximum atomic E-state index is 2.38. The first-order chi connectivity index (χ1) is 5.22. The standard InChI is InChI=1S/C10H17N/c1-4-5-11-7-9(2)6-10(3)8-11/h6-7H,4-5,8H2,1-3H3. The SMILES string of the molecule is CCCN1C=C(C)C=C(C)C1. The van der Waals surface area contributed by atoms with E-state index in [1.165, 1.54) is 24.1 Å². The van der Waals surface area contributed by atoms with E-state index in [1.807, 2.05) is 0 Å². The fourth-order valence-electron chi connectivity index (χ4n) is 1.56. The minimum Gasteiger partial charge on any atom is -0.373 e. The van der Waals surface area contributed by atoms with Crippen molar-refractivity contribution in [1.82, 2.24) is 4.90 Å². The van der Waals surface area contributed by atoms with Gasteiger partial charge in [0, 0.05) is 19.3 Å². The molecule has 1 heteroatoms. The molecule has 0 fully saturated rings. The van der Waals surface area contributed by atoms with Gasteiger partial charge in [-0.3, -0.25) is 0 Å². The van der Waals surface area contributed by atoms with Crippen LogP contribution < -0.4 is 0 Å². The van der Waals surface area contributed by atoms with Crippen molar-refractivity contribution in [2.24, 2.45) is 0 Å². The van der Waals surface area contributed by atoms with E-state index in [4.69, 9.17) is 0 Å². The third-order valence-electron chi connectivity index (χ3n) is 1.82. The maximum Gasteiger partial charge on any atom is 0.0384 e. The molecular weight excluding hydrogens is 134 g/mol. The van der Waals surface area contributed by atoms with E-state index in [0.717, 1.165) is 6.54 Å². The summed E-state index contributed by atoms with van der Waals surface area (Å²) in [5.74, 6) is 0. The van der Waals surface area contributed by atoms with Gasteiger partial charge in [0.2, 0.25) is 0 Å². The van der Waals surface area contributed by atoms with Crippen LogP contribution in [0.5, 0.6) is 0 Å². The number of nitrogens with zero attached hydrogens (tertiary/aromatic N) is 1. The molecule has 0 amide bonds. The third kappa shape index (κ3) is 2.41. The second-order valence-corrected chi connectivity index (χ2v) is 3.33. The van der Waals surface area contributed by atoms with Gasteiger partial charge in [-0.2, -0.15) is 0 Å². The van der Waals surface area contributed by atoms with Crippen LogP contribution in [0, 0.1) is 0 Å². The molecule has 0 saturated carbocycles. The minimum absolute atomic E-state index is 1.12. The average Bonchev–Trinajstić information content (AvgIpc) is 1.85. The number of hydrogen-bond donors (Lipinski definition) is 0. The Balaban J connectivity index is 2.56. The Morgan fingerprint density at radius 3 is 2.73 bits per heavy atom. The van der Waals surface area contributed by atoms with Gasteiger partial charge in [0.1, 0.15) is 0 Å². The molecule has 1 aliphatic heterocycles. The summed E-state index contributed by atoms with van der Waals surface area (Å²) in [4.78, 5) is 2.38. The molecule has 1 rings (SSSR count). The van der Waals surface area contributed by atoms with Crippen LogP contribution in [-0.2, 0) is 0 Å². The Morgan fingerprint density at radius 1 is 1.45 bits per heavy atom. The normalized spacial score (nSPS) is 17.9. The van der Waals surface area contributed by atoms with Crippen molar-refractivity contribution in [3.63, 3.8) is 0 Å². The molecule has 11 heavy (non-hydrogen) atoms. The van der Waals surface area contributed by atoms with Gasteiger partial charge >= 0.3 is 0 Å². The predicted octanol–water partition coefficient (Wildman–Crippen LogP) is 2.56. The summed E-state index contributed by atoms with van der Waals surface area (Å²) in [6, 6.07) is 0. The summed E-state index contributed by atoms with van der Waals surface area (Å²) in [6.07, 6.45) is 5.74. The van der Waals surface area contributed by atoms with E-state index in [9.17, 15) is 0 Å². The predicted molar refractivity (Wildman–Crippen MR) is 49.4 cm³/mol. The lowest BCUT2D eigenvalue weighted by Gasteiger charge is -2.24. The highest BCUT2D eigenvalue weighted by Crippen LogP contribution is 2.12. The molecule has 0 aromatic rings. The van der Waals surface area contributed by atoms with E-state index >= 15 is 0 Å². The molecule has 0 aromatic heterocycles. The summed E-state index contributed by atoms with van der Waals surface area (Å²) in [7, 11) is 0. The zero-order chi connectivity index (χ0) is 8.27. The highest BCUT2D eigenvalue weighted by Gasteiger charge is 2.04. The van der Waals surface area contributed by atoms with Crippen molar-refractivity contribution in [1.29, 1.82) is 0 Å². The molecule has 1 nitrogen and oxygen atoms in total. The summed E-state index contributed by atoms with van der Waals surface area (Å²) in [5, 5.41) is 0. The van der Waals surface area contributed by atoms with Crippen molar-refractivity contribution in [2.45, 2.75) is 27.2 Å². The lowest BCUT2D eigenvalue weighted by Crippen LogP contribution is -2.22. The Hall–Kier alpha value is -0.720. The third-order valence-corrected chi connectivity index (χ3v) is 1.82. The molecule has 0 radical (unpaired) electrons. The van der Waals surface area contributed by atoms with Crippen molar-refractivity contribution in [3.8, 4) is 0 Å². The van der Waals surface area contributed by atoms with Crippen LogP contribution in [0.25, 0.3) is 0 Å². The second kappa shape index (κ2) is 3.61. The van der Waals surface area contributed by atoms with Gasteiger partial charge in [0.05, 0.1) is 0 Å².